The highest BCUT2D eigenvalue weighted by Gasteiger charge is 2.09. The molecule has 0 saturated carbocycles. The fourth-order valence-corrected chi connectivity index (χ4v) is 3.40. The second kappa shape index (κ2) is 12.8. The van der Waals surface area contributed by atoms with Gasteiger partial charge in [0, 0.05) is 43.7 Å². The summed E-state index contributed by atoms with van der Waals surface area (Å²) in [6.45, 7) is 0.517. The number of carbonyl (C=O) groups is 2. The van der Waals surface area contributed by atoms with Crippen molar-refractivity contribution >= 4 is 11.8 Å². The van der Waals surface area contributed by atoms with Crippen molar-refractivity contribution in [2.75, 3.05) is 7.11 Å². The van der Waals surface area contributed by atoms with E-state index in [0.29, 0.717) is 16.7 Å². The van der Waals surface area contributed by atoms with Crippen molar-refractivity contribution in [1.29, 1.82) is 0 Å². The van der Waals surface area contributed by atoms with Crippen molar-refractivity contribution in [2.24, 2.45) is 0 Å². The summed E-state index contributed by atoms with van der Waals surface area (Å²) in [5.74, 6) is -0.803. The van der Waals surface area contributed by atoms with E-state index >= 15 is 0 Å². The molecule has 0 aliphatic rings. The number of hydrogen-bond donors (Lipinski definition) is 3. The number of nitrogens with one attached hydrogen (secondary N) is 2. The van der Waals surface area contributed by atoms with Crippen molar-refractivity contribution < 1.29 is 19.1 Å². The maximum absolute atomic E-state index is 13.3. The Balaban J connectivity index is 0.00000167. The summed E-state index contributed by atoms with van der Waals surface area (Å²) in [5.41, 5.74) is 4.55. The first kappa shape index (κ1) is 25.3. The molecule has 7 heteroatoms. The topological polar surface area (TPSA) is 91.3 Å². The summed E-state index contributed by atoms with van der Waals surface area (Å²) in [4.78, 5) is 29.0. The van der Waals surface area contributed by atoms with Gasteiger partial charge >= 0.3 is 0 Å². The molecule has 2 amide bonds. The normalized spacial score (nSPS) is 10.0. The van der Waals surface area contributed by atoms with Crippen LogP contribution in [0.25, 0.3) is 11.1 Å². The molecule has 4 rings (SSSR count). The molecule has 3 aromatic carbocycles. The second-order valence-electron chi connectivity index (χ2n) is 7.51. The summed E-state index contributed by atoms with van der Waals surface area (Å²) in [7, 11) is 1.00. The fraction of sp³-hybridized carbons (Fsp3) is 0.107. The zero-order valence-corrected chi connectivity index (χ0v) is 19.2. The van der Waals surface area contributed by atoms with Crippen LogP contribution >= 0.6 is 0 Å². The monoisotopic (exact) mass is 471 g/mol. The van der Waals surface area contributed by atoms with Crippen LogP contribution in [0.4, 0.5) is 4.39 Å². The summed E-state index contributed by atoms with van der Waals surface area (Å²) in [5, 5.41) is 12.7. The molecule has 0 spiro atoms. The third-order valence-electron chi connectivity index (χ3n) is 5.15. The first-order valence-corrected chi connectivity index (χ1v) is 10.9. The Morgan fingerprint density at radius 1 is 0.714 bits per heavy atom. The Hall–Kier alpha value is -4.36. The minimum atomic E-state index is -0.341. The molecule has 1 aromatic heterocycles. The van der Waals surface area contributed by atoms with E-state index in [2.05, 4.69) is 15.6 Å². The number of aliphatic hydroxyl groups excluding tert-OH is 1. The average molecular weight is 472 g/mol. The lowest BCUT2D eigenvalue weighted by atomic mass is 10.0. The molecule has 1 heterocycles. The van der Waals surface area contributed by atoms with E-state index in [9.17, 15) is 14.0 Å². The second-order valence-corrected chi connectivity index (χ2v) is 7.51. The minimum Gasteiger partial charge on any atom is -0.400 e. The summed E-state index contributed by atoms with van der Waals surface area (Å²) in [6, 6.07) is 24.3. The highest BCUT2D eigenvalue weighted by molar-refractivity contribution is 5.95. The molecular formula is C28H26FN3O3. The molecule has 0 atom stereocenters. The van der Waals surface area contributed by atoms with Gasteiger partial charge in [-0.3, -0.25) is 14.6 Å². The molecule has 0 unspecified atom stereocenters. The van der Waals surface area contributed by atoms with Crippen LogP contribution in [0.5, 0.6) is 0 Å². The third kappa shape index (κ3) is 7.31. The first-order valence-electron chi connectivity index (χ1n) is 10.9. The highest BCUT2D eigenvalue weighted by atomic mass is 19.1. The number of hydrogen-bond acceptors (Lipinski definition) is 4. The van der Waals surface area contributed by atoms with Gasteiger partial charge in [-0.25, -0.2) is 4.39 Å². The number of amides is 2. The number of pyridine rings is 1. The van der Waals surface area contributed by atoms with Crippen molar-refractivity contribution in [3.05, 3.63) is 125 Å². The Labute approximate surface area is 203 Å². The number of halogens is 1. The molecule has 0 aliphatic carbocycles. The number of benzene rings is 3. The van der Waals surface area contributed by atoms with Gasteiger partial charge in [0.25, 0.3) is 11.8 Å². The van der Waals surface area contributed by atoms with Gasteiger partial charge < -0.3 is 15.7 Å². The van der Waals surface area contributed by atoms with E-state index in [1.165, 1.54) is 12.1 Å². The van der Waals surface area contributed by atoms with Crippen molar-refractivity contribution in [3.63, 3.8) is 0 Å². The molecule has 35 heavy (non-hydrogen) atoms. The van der Waals surface area contributed by atoms with Gasteiger partial charge in [-0.1, -0.05) is 36.4 Å². The number of aromatic nitrogens is 1. The molecule has 0 fully saturated rings. The predicted molar refractivity (Wildman–Crippen MR) is 133 cm³/mol. The zero-order chi connectivity index (χ0) is 25.0. The summed E-state index contributed by atoms with van der Waals surface area (Å²) < 4.78 is 13.3. The lowest BCUT2D eigenvalue weighted by Gasteiger charge is -2.09. The van der Waals surface area contributed by atoms with Crippen molar-refractivity contribution in [1.82, 2.24) is 15.6 Å². The van der Waals surface area contributed by atoms with E-state index in [1.54, 1.807) is 54.9 Å². The lowest BCUT2D eigenvalue weighted by molar-refractivity contribution is 0.0945. The average Bonchev–Trinajstić information content (AvgIpc) is 2.92. The van der Waals surface area contributed by atoms with Gasteiger partial charge in [0.1, 0.15) is 5.82 Å². The van der Waals surface area contributed by atoms with Crippen LogP contribution in [-0.2, 0) is 13.1 Å². The van der Waals surface area contributed by atoms with E-state index in [1.807, 2.05) is 30.3 Å². The molecule has 178 valence electrons. The van der Waals surface area contributed by atoms with Crippen LogP contribution < -0.4 is 10.6 Å². The van der Waals surface area contributed by atoms with Crippen LogP contribution in [0.2, 0.25) is 0 Å². The SMILES string of the molecule is CO.O=C(NCc1cccc(C(=O)NCc2cccc(F)c2)c1)c1ccc(-c2ccncc2)cc1. The highest BCUT2D eigenvalue weighted by Crippen LogP contribution is 2.18. The van der Waals surface area contributed by atoms with Crippen LogP contribution in [0.1, 0.15) is 31.8 Å². The van der Waals surface area contributed by atoms with Crippen LogP contribution in [0, 0.1) is 5.82 Å². The molecular weight excluding hydrogens is 445 g/mol. The maximum Gasteiger partial charge on any atom is 0.251 e. The smallest absolute Gasteiger partial charge is 0.251 e. The van der Waals surface area contributed by atoms with E-state index in [-0.39, 0.29) is 30.7 Å². The van der Waals surface area contributed by atoms with E-state index < -0.39 is 0 Å². The van der Waals surface area contributed by atoms with Crippen LogP contribution in [0.15, 0.2) is 97.3 Å². The summed E-state index contributed by atoms with van der Waals surface area (Å²) in [6.07, 6.45) is 3.46. The number of nitrogens with zero attached hydrogens (tertiary/aromatic N) is 1. The Morgan fingerprint density at radius 3 is 1.89 bits per heavy atom. The minimum absolute atomic E-state index is 0.197. The zero-order valence-electron chi connectivity index (χ0n) is 19.2. The maximum atomic E-state index is 13.3. The first-order chi connectivity index (χ1) is 17.1. The molecule has 0 saturated heterocycles. The van der Waals surface area contributed by atoms with Crippen molar-refractivity contribution in [2.45, 2.75) is 13.1 Å². The Morgan fingerprint density at radius 2 is 1.26 bits per heavy atom. The van der Waals surface area contributed by atoms with E-state index in [0.717, 1.165) is 23.8 Å². The standard InChI is InChI=1S/C27H22FN3O2.CH4O/c28-25-6-2-4-20(16-25)18-31-27(33)24-5-1-3-19(15-24)17-30-26(32)23-9-7-21(8-10-23)22-11-13-29-14-12-22;1-2/h1-16H,17-18H2,(H,30,32)(H,31,33);2H,1H3. The van der Waals surface area contributed by atoms with Crippen LogP contribution in [-0.4, -0.2) is 29.0 Å². The Bertz CT molecular complexity index is 1260. The molecule has 3 N–H and O–H groups in total. The lowest BCUT2D eigenvalue weighted by Crippen LogP contribution is -2.24. The van der Waals surface area contributed by atoms with Crippen LogP contribution in [0.3, 0.4) is 0 Å². The number of carbonyl (C=O) groups excluding carboxylic acids is 2. The van der Waals surface area contributed by atoms with Gasteiger partial charge in [-0.15, -0.1) is 0 Å². The van der Waals surface area contributed by atoms with Crippen molar-refractivity contribution in [3.8, 4) is 11.1 Å². The molecule has 4 aromatic rings. The number of rotatable bonds is 7. The molecule has 0 bridgehead atoms. The van der Waals surface area contributed by atoms with Gasteiger partial charge in [-0.05, 0) is 70.8 Å². The molecule has 6 nitrogen and oxygen atoms in total. The van der Waals surface area contributed by atoms with Gasteiger partial charge in [0.05, 0.1) is 0 Å². The van der Waals surface area contributed by atoms with Gasteiger partial charge in [0.15, 0.2) is 0 Å². The Kier molecular flexibility index (Phi) is 9.22. The summed E-state index contributed by atoms with van der Waals surface area (Å²) >= 11 is 0. The predicted octanol–water partition coefficient (Wildman–Crippen LogP) is 4.36. The third-order valence-corrected chi connectivity index (χ3v) is 5.15. The number of aliphatic hydroxyl groups is 1. The molecule has 0 aliphatic heterocycles. The van der Waals surface area contributed by atoms with Gasteiger partial charge in [-0.2, -0.15) is 0 Å². The molecule has 0 radical (unpaired) electrons. The largest absolute Gasteiger partial charge is 0.400 e. The quantitative estimate of drug-likeness (QED) is 0.374. The van der Waals surface area contributed by atoms with Gasteiger partial charge in [0.2, 0.25) is 0 Å². The fourth-order valence-electron chi connectivity index (χ4n) is 3.40. The van der Waals surface area contributed by atoms with E-state index in [4.69, 9.17) is 5.11 Å².